The highest BCUT2D eigenvalue weighted by Crippen LogP contribution is 2.49. The van der Waals surface area contributed by atoms with Gasteiger partial charge in [0.15, 0.2) is 0 Å². The molecule has 0 radical (unpaired) electrons. The zero-order valence-electron chi connectivity index (χ0n) is 18.1. The van der Waals surface area contributed by atoms with Crippen LogP contribution in [0.3, 0.4) is 0 Å². The van der Waals surface area contributed by atoms with Crippen molar-refractivity contribution >= 4 is 21.8 Å². The molecule has 160 valence electrons. The zero-order chi connectivity index (χ0) is 21.6. The first-order chi connectivity index (χ1) is 15.0. The monoisotopic (exact) mass is 477 g/mol. The van der Waals surface area contributed by atoms with Gasteiger partial charge in [0.2, 0.25) is 5.91 Å². The maximum absolute atomic E-state index is 13.3. The average molecular weight is 478 g/mol. The number of hydrogen-bond donors (Lipinski definition) is 0. The Hall–Kier alpha value is -2.40. The van der Waals surface area contributed by atoms with Gasteiger partial charge in [0.1, 0.15) is 5.82 Å². The van der Waals surface area contributed by atoms with Crippen LogP contribution in [0.15, 0.2) is 65.4 Å². The molecule has 3 atom stereocenters. The van der Waals surface area contributed by atoms with E-state index in [1.54, 1.807) is 0 Å². The first-order valence-corrected chi connectivity index (χ1v) is 12.0. The summed E-state index contributed by atoms with van der Waals surface area (Å²) >= 11 is 3.57. The molecule has 3 aromatic rings. The minimum Gasteiger partial charge on any atom is -0.342 e. The molecule has 2 aliphatic heterocycles. The highest BCUT2D eigenvalue weighted by molar-refractivity contribution is 9.10. The van der Waals surface area contributed by atoms with Crippen LogP contribution in [-0.4, -0.2) is 33.4 Å². The van der Waals surface area contributed by atoms with E-state index < -0.39 is 5.54 Å². The number of fused-ring (bicyclic) bond motifs is 3. The summed E-state index contributed by atoms with van der Waals surface area (Å²) in [5.41, 5.74) is 3.15. The molecule has 3 unspecified atom stereocenters. The number of carbonyl (C=O) groups is 1. The minimum atomic E-state index is -0.425. The Morgan fingerprint density at radius 2 is 1.81 bits per heavy atom. The number of piperidine rings is 1. The number of carbonyl (C=O) groups excluding carboxylic acids is 1. The zero-order valence-corrected chi connectivity index (χ0v) is 19.7. The topological polar surface area (TPSA) is 38.1 Å². The van der Waals surface area contributed by atoms with Gasteiger partial charge in [-0.25, -0.2) is 4.98 Å². The Bertz CT molecular complexity index is 1100. The third-order valence-corrected chi connectivity index (χ3v) is 7.44. The van der Waals surface area contributed by atoms with Crippen LogP contribution in [-0.2, 0) is 10.3 Å². The molecule has 0 bridgehead atoms. The van der Waals surface area contributed by atoms with Crippen molar-refractivity contribution in [3.8, 4) is 11.4 Å². The van der Waals surface area contributed by atoms with E-state index in [9.17, 15) is 4.79 Å². The van der Waals surface area contributed by atoms with Gasteiger partial charge in [0, 0.05) is 41.9 Å². The van der Waals surface area contributed by atoms with Crippen LogP contribution < -0.4 is 0 Å². The molecule has 1 fully saturated rings. The van der Waals surface area contributed by atoms with Gasteiger partial charge in [0.05, 0.1) is 5.54 Å². The van der Waals surface area contributed by atoms with Crippen molar-refractivity contribution in [1.82, 2.24) is 14.5 Å². The molecule has 4 nitrogen and oxygen atoms in total. The van der Waals surface area contributed by atoms with E-state index in [-0.39, 0.29) is 5.91 Å². The summed E-state index contributed by atoms with van der Waals surface area (Å²) in [4.78, 5) is 20.1. The number of imidazole rings is 1. The van der Waals surface area contributed by atoms with Gasteiger partial charge < -0.3 is 9.47 Å². The molecular weight excluding hydrogens is 450 g/mol. The number of rotatable bonds is 4. The SMILES string of the molecule is CC1CC(C)CN(C(=O)CCC2(c3ccc(Br)cc3)c3ccccc3-c3nccn32)C1. The average Bonchev–Trinajstić information content (AvgIpc) is 3.33. The number of halogens is 1. The number of nitrogens with zero attached hydrogens (tertiary/aromatic N) is 3. The predicted octanol–water partition coefficient (Wildman–Crippen LogP) is 5.70. The Morgan fingerprint density at radius 3 is 2.55 bits per heavy atom. The summed E-state index contributed by atoms with van der Waals surface area (Å²) in [6, 6.07) is 17.0. The summed E-state index contributed by atoms with van der Waals surface area (Å²) in [7, 11) is 0. The lowest BCUT2D eigenvalue weighted by atomic mass is 9.79. The molecule has 2 aliphatic rings. The van der Waals surface area contributed by atoms with Crippen LogP contribution in [0.1, 0.15) is 44.2 Å². The van der Waals surface area contributed by atoms with E-state index in [4.69, 9.17) is 0 Å². The van der Waals surface area contributed by atoms with Crippen molar-refractivity contribution in [2.75, 3.05) is 13.1 Å². The van der Waals surface area contributed by atoms with Crippen molar-refractivity contribution in [1.29, 1.82) is 0 Å². The molecule has 31 heavy (non-hydrogen) atoms. The molecular formula is C26H28BrN3O. The van der Waals surface area contributed by atoms with Gasteiger partial charge in [-0.3, -0.25) is 4.79 Å². The summed E-state index contributed by atoms with van der Waals surface area (Å²) in [5, 5.41) is 0. The first kappa shape index (κ1) is 20.5. The van der Waals surface area contributed by atoms with Gasteiger partial charge in [-0.05, 0) is 47.9 Å². The van der Waals surface area contributed by atoms with Gasteiger partial charge in [0.25, 0.3) is 0 Å². The van der Waals surface area contributed by atoms with Crippen molar-refractivity contribution < 1.29 is 4.79 Å². The smallest absolute Gasteiger partial charge is 0.222 e. The fourth-order valence-electron chi connectivity index (χ4n) is 5.71. The fraction of sp³-hybridized carbons (Fsp3) is 0.385. The van der Waals surface area contributed by atoms with Crippen LogP contribution in [0.4, 0.5) is 0 Å². The summed E-state index contributed by atoms with van der Waals surface area (Å²) in [6.45, 7) is 6.26. The summed E-state index contributed by atoms with van der Waals surface area (Å²) < 4.78 is 3.33. The molecule has 3 heterocycles. The van der Waals surface area contributed by atoms with Gasteiger partial charge in [-0.1, -0.05) is 66.2 Å². The highest BCUT2D eigenvalue weighted by Gasteiger charge is 2.45. The molecule has 0 N–H and O–H groups in total. The molecule has 5 rings (SSSR count). The van der Waals surface area contributed by atoms with Gasteiger partial charge in [-0.15, -0.1) is 0 Å². The van der Waals surface area contributed by atoms with Gasteiger partial charge >= 0.3 is 0 Å². The van der Waals surface area contributed by atoms with Crippen molar-refractivity contribution in [2.24, 2.45) is 11.8 Å². The molecule has 1 aromatic heterocycles. The normalized spacial score (nSPS) is 24.7. The Balaban J connectivity index is 1.54. The number of hydrogen-bond acceptors (Lipinski definition) is 2. The van der Waals surface area contributed by atoms with E-state index in [0.29, 0.717) is 24.7 Å². The van der Waals surface area contributed by atoms with Crippen LogP contribution in [0.25, 0.3) is 11.4 Å². The van der Waals surface area contributed by atoms with E-state index >= 15 is 0 Å². The largest absolute Gasteiger partial charge is 0.342 e. The Labute approximate surface area is 192 Å². The lowest BCUT2D eigenvalue weighted by Gasteiger charge is -2.37. The fourth-order valence-corrected chi connectivity index (χ4v) is 5.98. The van der Waals surface area contributed by atoms with Crippen LogP contribution in [0.5, 0.6) is 0 Å². The van der Waals surface area contributed by atoms with Crippen LogP contribution in [0.2, 0.25) is 0 Å². The van der Waals surface area contributed by atoms with E-state index in [2.05, 4.69) is 99.0 Å². The third kappa shape index (κ3) is 3.43. The van der Waals surface area contributed by atoms with E-state index in [1.807, 2.05) is 6.20 Å². The Morgan fingerprint density at radius 1 is 1.10 bits per heavy atom. The second-order valence-corrected chi connectivity index (χ2v) is 10.2. The van der Waals surface area contributed by atoms with Crippen molar-refractivity contribution in [3.05, 3.63) is 76.5 Å². The van der Waals surface area contributed by atoms with Crippen molar-refractivity contribution in [3.63, 3.8) is 0 Å². The summed E-state index contributed by atoms with van der Waals surface area (Å²) in [5.74, 6) is 2.38. The highest BCUT2D eigenvalue weighted by atomic mass is 79.9. The van der Waals surface area contributed by atoms with Crippen LogP contribution in [0, 0.1) is 11.8 Å². The standard InChI is InChI=1S/C26H28BrN3O/c1-18-15-19(2)17-29(16-18)24(31)11-12-26(20-7-9-21(27)10-8-20)23-6-4-3-5-22(23)25-28-13-14-30(25)26/h3-10,13-14,18-19H,11-12,15-17H2,1-2H3. The molecule has 0 spiro atoms. The first-order valence-electron chi connectivity index (χ1n) is 11.2. The second-order valence-electron chi connectivity index (χ2n) is 9.28. The molecule has 2 aromatic carbocycles. The predicted molar refractivity (Wildman–Crippen MR) is 127 cm³/mol. The molecule has 1 saturated heterocycles. The number of amides is 1. The van der Waals surface area contributed by atoms with Crippen LogP contribution >= 0.6 is 15.9 Å². The lowest BCUT2D eigenvalue weighted by molar-refractivity contribution is -0.134. The number of benzene rings is 2. The molecule has 1 amide bonds. The summed E-state index contributed by atoms with van der Waals surface area (Å²) in [6.07, 6.45) is 6.37. The quantitative estimate of drug-likeness (QED) is 0.482. The maximum Gasteiger partial charge on any atom is 0.222 e. The van der Waals surface area contributed by atoms with Gasteiger partial charge in [-0.2, -0.15) is 0 Å². The van der Waals surface area contributed by atoms with E-state index in [0.717, 1.165) is 29.0 Å². The minimum absolute atomic E-state index is 0.265. The molecule has 0 saturated carbocycles. The maximum atomic E-state index is 13.3. The number of likely N-dealkylation sites (tertiary alicyclic amines) is 1. The lowest BCUT2D eigenvalue weighted by Crippen LogP contribution is -2.43. The van der Waals surface area contributed by atoms with E-state index in [1.165, 1.54) is 17.5 Å². The third-order valence-electron chi connectivity index (χ3n) is 6.91. The molecule has 0 aliphatic carbocycles. The second kappa shape index (κ2) is 7.94. The van der Waals surface area contributed by atoms with Crippen molar-refractivity contribution in [2.45, 2.75) is 38.6 Å². The molecule has 5 heteroatoms. The number of aromatic nitrogens is 2. The Kier molecular flexibility index (Phi) is 5.25.